The predicted molar refractivity (Wildman–Crippen MR) is 108 cm³/mol. The minimum atomic E-state index is -0.990. The normalized spacial score (nSPS) is 18.8. The van der Waals surface area contributed by atoms with Gasteiger partial charge in [0, 0.05) is 47.5 Å². The lowest BCUT2D eigenvalue weighted by Crippen LogP contribution is -2.30. The fraction of sp³-hybridized carbons (Fsp3) is 0.190. The molecule has 28 heavy (non-hydrogen) atoms. The highest BCUT2D eigenvalue weighted by Crippen LogP contribution is 2.36. The third-order valence-corrected chi connectivity index (χ3v) is 5.96. The van der Waals surface area contributed by atoms with Gasteiger partial charge in [-0.15, -0.1) is 11.3 Å². The molecule has 0 aliphatic carbocycles. The number of nitrogens with zero attached hydrogens (tertiary/aromatic N) is 2. The van der Waals surface area contributed by atoms with Crippen LogP contribution >= 0.6 is 11.3 Å². The van der Waals surface area contributed by atoms with E-state index in [1.807, 2.05) is 53.9 Å². The highest BCUT2D eigenvalue weighted by molar-refractivity contribution is 7.10. The summed E-state index contributed by atoms with van der Waals surface area (Å²) in [6.45, 7) is 0.537. The van der Waals surface area contributed by atoms with Crippen molar-refractivity contribution in [3.05, 3.63) is 71.2 Å². The largest absolute Gasteiger partial charge is 0.465 e. The maximum absolute atomic E-state index is 13.0. The number of pyridine rings is 1. The van der Waals surface area contributed by atoms with E-state index in [1.165, 1.54) is 4.90 Å². The molecule has 0 bridgehead atoms. The molecule has 142 valence electrons. The van der Waals surface area contributed by atoms with Crippen LogP contribution in [0.2, 0.25) is 0 Å². The Hall–Kier alpha value is -3.19. The second-order valence-electron chi connectivity index (χ2n) is 6.73. The molecule has 0 radical (unpaired) electrons. The van der Waals surface area contributed by atoms with Gasteiger partial charge in [0.2, 0.25) is 5.91 Å². The van der Waals surface area contributed by atoms with Crippen molar-refractivity contribution in [3.8, 4) is 11.1 Å². The molecule has 7 heteroatoms. The number of anilines is 1. The molecule has 4 rings (SSSR count). The Kier molecular flexibility index (Phi) is 5.08. The first kappa shape index (κ1) is 18.2. The Morgan fingerprint density at radius 1 is 1.11 bits per heavy atom. The van der Waals surface area contributed by atoms with Gasteiger partial charge in [-0.05, 0) is 35.2 Å². The van der Waals surface area contributed by atoms with Gasteiger partial charge in [-0.3, -0.25) is 9.78 Å². The zero-order valence-corrected chi connectivity index (χ0v) is 15.8. The molecule has 2 N–H and O–H groups in total. The standard InChI is InChI=1S/C21H19N3O3S/c25-20(18-13-24(21(26)27)12-17(18)19-7-3-9-28-19)23-16-6-1-4-14(10-16)15-5-2-8-22-11-15/h1-11,17-18H,12-13H2,(H,23,25)(H,26,27)/t17-,18-/m0/s1. The van der Waals surface area contributed by atoms with Crippen LogP contribution in [-0.4, -0.2) is 40.1 Å². The molecule has 1 fully saturated rings. The van der Waals surface area contributed by atoms with E-state index in [0.717, 1.165) is 16.0 Å². The zero-order valence-electron chi connectivity index (χ0n) is 15.0. The lowest BCUT2D eigenvalue weighted by atomic mass is 9.93. The molecule has 3 heterocycles. The number of nitrogens with one attached hydrogen (secondary N) is 1. The highest BCUT2D eigenvalue weighted by atomic mass is 32.1. The van der Waals surface area contributed by atoms with Crippen LogP contribution < -0.4 is 5.32 Å². The molecule has 0 unspecified atom stereocenters. The van der Waals surface area contributed by atoms with Crippen LogP contribution in [0.3, 0.4) is 0 Å². The van der Waals surface area contributed by atoms with Crippen molar-refractivity contribution in [1.82, 2.24) is 9.88 Å². The molecule has 2 amide bonds. The lowest BCUT2D eigenvalue weighted by Gasteiger charge is -2.17. The van der Waals surface area contributed by atoms with Gasteiger partial charge in [-0.1, -0.05) is 24.3 Å². The minimum absolute atomic E-state index is 0.127. The molecule has 6 nitrogen and oxygen atoms in total. The van der Waals surface area contributed by atoms with Gasteiger partial charge in [0.15, 0.2) is 0 Å². The van der Waals surface area contributed by atoms with Crippen molar-refractivity contribution in [2.45, 2.75) is 5.92 Å². The van der Waals surface area contributed by atoms with E-state index in [9.17, 15) is 14.7 Å². The van der Waals surface area contributed by atoms with Gasteiger partial charge in [0.25, 0.3) is 0 Å². The third-order valence-electron chi connectivity index (χ3n) is 4.96. The zero-order chi connectivity index (χ0) is 19.5. The van der Waals surface area contributed by atoms with Crippen LogP contribution in [0.1, 0.15) is 10.8 Å². The van der Waals surface area contributed by atoms with Crippen molar-refractivity contribution in [1.29, 1.82) is 0 Å². The molecule has 1 aliphatic heterocycles. The number of aromatic nitrogens is 1. The first-order valence-electron chi connectivity index (χ1n) is 8.94. The molecule has 2 aromatic heterocycles. The third kappa shape index (κ3) is 3.75. The number of likely N-dealkylation sites (tertiary alicyclic amines) is 1. The average Bonchev–Trinajstić information content (AvgIpc) is 3.38. The number of hydrogen-bond acceptors (Lipinski definition) is 4. The summed E-state index contributed by atoms with van der Waals surface area (Å²) >= 11 is 1.55. The Labute approximate surface area is 166 Å². The summed E-state index contributed by atoms with van der Waals surface area (Å²) in [5.41, 5.74) is 2.61. The number of hydrogen-bond donors (Lipinski definition) is 2. The van der Waals surface area contributed by atoms with E-state index in [-0.39, 0.29) is 18.4 Å². The number of carbonyl (C=O) groups excluding carboxylic acids is 1. The maximum atomic E-state index is 13.0. The Bertz CT molecular complexity index is 976. The number of carboxylic acid groups (broad SMARTS) is 1. The van der Waals surface area contributed by atoms with Crippen LogP contribution in [0, 0.1) is 5.92 Å². The Morgan fingerprint density at radius 2 is 1.96 bits per heavy atom. The molecule has 3 aromatic rings. The number of carbonyl (C=O) groups is 2. The fourth-order valence-electron chi connectivity index (χ4n) is 3.56. The summed E-state index contributed by atoms with van der Waals surface area (Å²) in [4.78, 5) is 30.9. The molecule has 2 atom stereocenters. The van der Waals surface area contributed by atoms with Gasteiger partial charge in [0.1, 0.15) is 0 Å². The SMILES string of the molecule is O=C(Nc1cccc(-c2cccnc2)c1)[C@H]1CN(C(=O)O)C[C@@H]1c1cccs1. The van der Waals surface area contributed by atoms with E-state index >= 15 is 0 Å². The number of thiophene rings is 1. The fourth-order valence-corrected chi connectivity index (χ4v) is 4.45. The van der Waals surface area contributed by atoms with E-state index in [0.29, 0.717) is 12.2 Å². The summed E-state index contributed by atoms with van der Waals surface area (Å²) in [6, 6.07) is 15.3. The van der Waals surface area contributed by atoms with Crippen LogP contribution in [0.4, 0.5) is 10.5 Å². The summed E-state index contributed by atoms with van der Waals surface area (Å²) in [5.74, 6) is -0.708. The van der Waals surface area contributed by atoms with Gasteiger partial charge in [-0.25, -0.2) is 4.79 Å². The molecule has 0 spiro atoms. The second-order valence-corrected chi connectivity index (χ2v) is 7.71. The van der Waals surface area contributed by atoms with E-state index in [1.54, 1.807) is 23.7 Å². The van der Waals surface area contributed by atoms with E-state index < -0.39 is 12.0 Å². The van der Waals surface area contributed by atoms with E-state index in [4.69, 9.17) is 0 Å². The van der Waals surface area contributed by atoms with Crippen molar-refractivity contribution >= 4 is 29.0 Å². The topological polar surface area (TPSA) is 82.5 Å². The first-order chi connectivity index (χ1) is 13.6. The van der Waals surface area contributed by atoms with Crippen molar-refractivity contribution < 1.29 is 14.7 Å². The van der Waals surface area contributed by atoms with Crippen molar-refractivity contribution in [2.75, 3.05) is 18.4 Å². The molecule has 1 aromatic carbocycles. The Morgan fingerprint density at radius 3 is 2.68 bits per heavy atom. The van der Waals surface area contributed by atoms with Gasteiger partial charge in [-0.2, -0.15) is 0 Å². The molecule has 1 saturated heterocycles. The van der Waals surface area contributed by atoms with Crippen LogP contribution in [0.25, 0.3) is 11.1 Å². The monoisotopic (exact) mass is 393 g/mol. The number of rotatable bonds is 4. The van der Waals surface area contributed by atoms with Gasteiger partial charge < -0.3 is 15.3 Å². The van der Waals surface area contributed by atoms with Crippen molar-refractivity contribution in [3.63, 3.8) is 0 Å². The van der Waals surface area contributed by atoms with Gasteiger partial charge >= 0.3 is 6.09 Å². The van der Waals surface area contributed by atoms with Crippen LogP contribution in [0.15, 0.2) is 66.3 Å². The maximum Gasteiger partial charge on any atom is 0.407 e. The molecular formula is C21H19N3O3S. The highest BCUT2D eigenvalue weighted by Gasteiger charge is 2.41. The number of amides is 2. The Balaban J connectivity index is 1.55. The van der Waals surface area contributed by atoms with Gasteiger partial charge in [0.05, 0.1) is 5.92 Å². The van der Waals surface area contributed by atoms with Crippen molar-refractivity contribution in [2.24, 2.45) is 5.92 Å². The lowest BCUT2D eigenvalue weighted by molar-refractivity contribution is -0.119. The van der Waals surface area contributed by atoms with Crippen LogP contribution in [-0.2, 0) is 4.79 Å². The predicted octanol–water partition coefficient (Wildman–Crippen LogP) is 4.14. The second kappa shape index (κ2) is 7.82. The van der Waals surface area contributed by atoms with E-state index in [2.05, 4.69) is 10.3 Å². The summed E-state index contributed by atoms with van der Waals surface area (Å²) in [6.07, 6.45) is 2.50. The van der Waals surface area contributed by atoms with Crippen LogP contribution in [0.5, 0.6) is 0 Å². The smallest absolute Gasteiger partial charge is 0.407 e. The summed E-state index contributed by atoms with van der Waals surface area (Å²) in [5, 5.41) is 14.3. The summed E-state index contributed by atoms with van der Waals surface area (Å²) < 4.78 is 0. The average molecular weight is 393 g/mol. The summed E-state index contributed by atoms with van der Waals surface area (Å²) in [7, 11) is 0. The molecular weight excluding hydrogens is 374 g/mol. The first-order valence-corrected chi connectivity index (χ1v) is 9.82. The molecule has 0 saturated carbocycles. The number of benzene rings is 1. The minimum Gasteiger partial charge on any atom is -0.465 e. The molecule has 1 aliphatic rings. The quantitative estimate of drug-likeness (QED) is 0.698.